The molecule has 0 N–H and O–H groups in total. The zero-order valence-corrected chi connectivity index (χ0v) is 11.9. The first-order valence-corrected chi connectivity index (χ1v) is 7.39. The quantitative estimate of drug-likeness (QED) is 0.792. The largest absolute Gasteiger partial charge is 0.253 e. The molecular weight excluding hydrogens is 238 g/mol. The lowest BCUT2D eigenvalue weighted by Crippen LogP contribution is -1.98. The lowest BCUT2D eigenvalue weighted by atomic mass is 9.97. The van der Waals surface area contributed by atoms with Crippen molar-refractivity contribution in [1.82, 2.24) is 4.98 Å². The van der Waals surface area contributed by atoms with Gasteiger partial charge in [-0.15, -0.1) is 0 Å². The molecule has 0 saturated heterocycles. The van der Waals surface area contributed by atoms with E-state index in [0.717, 1.165) is 17.7 Å². The summed E-state index contributed by atoms with van der Waals surface area (Å²) >= 11 is 4.54. The number of hydrogen-bond acceptors (Lipinski definition) is 2. The predicted octanol–water partition coefficient (Wildman–Crippen LogP) is 4.28. The Morgan fingerprint density at radius 2 is 2.11 bits per heavy atom. The van der Waals surface area contributed by atoms with Crippen LogP contribution in [0.3, 0.4) is 0 Å². The highest BCUT2D eigenvalue weighted by molar-refractivity contribution is 7.79. The Labute approximate surface area is 114 Å². The third-order valence-corrected chi connectivity index (χ3v) is 4.30. The first-order chi connectivity index (χ1) is 8.70. The van der Waals surface area contributed by atoms with Gasteiger partial charge in [-0.2, -0.15) is 12.6 Å². The third-order valence-electron chi connectivity index (χ3n) is 3.98. The van der Waals surface area contributed by atoms with Crippen molar-refractivity contribution in [2.24, 2.45) is 0 Å². The minimum absolute atomic E-state index is 0.565. The molecule has 0 spiro atoms. The smallest absolute Gasteiger partial charge is 0.0708 e. The molecule has 1 nitrogen and oxygen atoms in total. The number of pyridine rings is 1. The highest BCUT2D eigenvalue weighted by Gasteiger charge is 2.18. The number of thiol groups is 1. The first-order valence-electron chi connectivity index (χ1n) is 6.76. The van der Waals surface area contributed by atoms with Crippen molar-refractivity contribution in [1.29, 1.82) is 0 Å². The standard InChI is InChI=1S/C16H19NS/c1-10(2)11-6-7-16-13(8-11)14(9-18)12-4-3-5-15(12)17-16/h6-8,10,18H,3-5,9H2,1-2H3. The molecule has 3 rings (SSSR count). The Balaban J connectivity index is 2.30. The predicted molar refractivity (Wildman–Crippen MR) is 80.5 cm³/mol. The number of benzene rings is 1. The summed E-state index contributed by atoms with van der Waals surface area (Å²) in [7, 11) is 0. The summed E-state index contributed by atoms with van der Waals surface area (Å²) in [5, 5.41) is 1.32. The Bertz CT molecular complexity index is 602. The molecule has 0 aliphatic heterocycles. The maximum absolute atomic E-state index is 4.83. The number of hydrogen-bond donors (Lipinski definition) is 1. The van der Waals surface area contributed by atoms with E-state index in [0.29, 0.717) is 5.92 Å². The van der Waals surface area contributed by atoms with Gasteiger partial charge in [0.05, 0.1) is 5.52 Å². The average Bonchev–Trinajstić information content (AvgIpc) is 2.82. The molecule has 0 fully saturated rings. The number of aromatic nitrogens is 1. The number of rotatable bonds is 2. The van der Waals surface area contributed by atoms with Crippen molar-refractivity contribution in [3.05, 3.63) is 40.6 Å². The monoisotopic (exact) mass is 257 g/mol. The molecule has 1 aromatic heterocycles. The van der Waals surface area contributed by atoms with E-state index in [1.807, 2.05) is 0 Å². The van der Waals surface area contributed by atoms with Gasteiger partial charge in [-0.1, -0.05) is 19.9 Å². The fourth-order valence-electron chi connectivity index (χ4n) is 2.92. The van der Waals surface area contributed by atoms with Crippen molar-refractivity contribution >= 4 is 23.5 Å². The van der Waals surface area contributed by atoms with Gasteiger partial charge in [0, 0.05) is 16.8 Å². The van der Waals surface area contributed by atoms with Crippen LogP contribution in [-0.2, 0) is 18.6 Å². The third kappa shape index (κ3) is 1.83. The van der Waals surface area contributed by atoms with E-state index >= 15 is 0 Å². The summed E-state index contributed by atoms with van der Waals surface area (Å²) in [4.78, 5) is 4.83. The van der Waals surface area contributed by atoms with E-state index in [9.17, 15) is 0 Å². The first kappa shape index (κ1) is 12.0. The summed E-state index contributed by atoms with van der Waals surface area (Å²) in [6, 6.07) is 6.71. The highest BCUT2D eigenvalue weighted by Crippen LogP contribution is 2.32. The Hall–Kier alpha value is -1.02. The van der Waals surface area contributed by atoms with Crippen LogP contribution in [-0.4, -0.2) is 4.98 Å². The van der Waals surface area contributed by atoms with Crippen LogP contribution < -0.4 is 0 Å². The van der Waals surface area contributed by atoms with Gasteiger partial charge >= 0.3 is 0 Å². The van der Waals surface area contributed by atoms with E-state index < -0.39 is 0 Å². The van der Waals surface area contributed by atoms with Gasteiger partial charge < -0.3 is 0 Å². The molecule has 0 amide bonds. The molecule has 94 valence electrons. The molecule has 0 atom stereocenters. The van der Waals surface area contributed by atoms with Crippen molar-refractivity contribution in [3.63, 3.8) is 0 Å². The highest BCUT2D eigenvalue weighted by atomic mass is 32.1. The van der Waals surface area contributed by atoms with Gasteiger partial charge in [0.2, 0.25) is 0 Å². The van der Waals surface area contributed by atoms with E-state index in [-0.39, 0.29) is 0 Å². The number of aryl methyl sites for hydroxylation is 1. The van der Waals surface area contributed by atoms with Crippen LogP contribution in [0.2, 0.25) is 0 Å². The maximum atomic E-state index is 4.83. The van der Waals surface area contributed by atoms with Gasteiger partial charge in [-0.05, 0) is 54.0 Å². The Morgan fingerprint density at radius 3 is 2.83 bits per heavy atom. The van der Waals surface area contributed by atoms with Crippen LogP contribution in [0.25, 0.3) is 10.9 Å². The van der Waals surface area contributed by atoms with Crippen molar-refractivity contribution in [3.8, 4) is 0 Å². The fraction of sp³-hybridized carbons (Fsp3) is 0.438. The second-order valence-corrected chi connectivity index (χ2v) is 5.77. The van der Waals surface area contributed by atoms with Crippen LogP contribution in [0.4, 0.5) is 0 Å². The normalized spacial score (nSPS) is 14.4. The average molecular weight is 257 g/mol. The maximum Gasteiger partial charge on any atom is 0.0708 e. The molecule has 1 aromatic carbocycles. The van der Waals surface area contributed by atoms with Crippen LogP contribution in [0.15, 0.2) is 18.2 Å². The van der Waals surface area contributed by atoms with Crippen LogP contribution in [0, 0.1) is 0 Å². The summed E-state index contributed by atoms with van der Waals surface area (Å²) < 4.78 is 0. The second kappa shape index (κ2) is 4.58. The molecule has 1 aliphatic carbocycles. The zero-order chi connectivity index (χ0) is 12.7. The summed E-state index contributed by atoms with van der Waals surface area (Å²) in [5.41, 5.74) is 6.73. The molecule has 2 aromatic rings. The van der Waals surface area contributed by atoms with Gasteiger partial charge in [0.25, 0.3) is 0 Å². The number of fused-ring (bicyclic) bond motifs is 2. The second-order valence-electron chi connectivity index (χ2n) is 5.46. The minimum Gasteiger partial charge on any atom is -0.253 e. The molecule has 0 bridgehead atoms. The van der Waals surface area contributed by atoms with Crippen molar-refractivity contribution in [2.45, 2.75) is 44.8 Å². The summed E-state index contributed by atoms with van der Waals surface area (Å²) in [5.74, 6) is 1.39. The molecule has 0 saturated carbocycles. The van der Waals surface area contributed by atoms with Gasteiger partial charge in [-0.3, -0.25) is 4.98 Å². The van der Waals surface area contributed by atoms with Crippen molar-refractivity contribution in [2.75, 3.05) is 0 Å². The van der Waals surface area contributed by atoms with Crippen LogP contribution in [0.5, 0.6) is 0 Å². The van der Waals surface area contributed by atoms with Crippen LogP contribution in [0.1, 0.15) is 48.6 Å². The van der Waals surface area contributed by atoms with Gasteiger partial charge in [0.1, 0.15) is 0 Å². The summed E-state index contributed by atoms with van der Waals surface area (Å²) in [6.07, 6.45) is 3.56. The topological polar surface area (TPSA) is 12.9 Å². The van der Waals surface area contributed by atoms with E-state index in [1.54, 1.807) is 0 Å². The summed E-state index contributed by atoms with van der Waals surface area (Å²) in [6.45, 7) is 4.48. The Kier molecular flexibility index (Phi) is 3.06. The van der Waals surface area contributed by atoms with E-state index in [1.165, 1.54) is 40.6 Å². The molecule has 0 radical (unpaired) electrons. The Morgan fingerprint density at radius 1 is 1.28 bits per heavy atom. The van der Waals surface area contributed by atoms with Gasteiger partial charge in [0.15, 0.2) is 0 Å². The molecule has 0 unspecified atom stereocenters. The lowest BCUT2D eigenvalue weighted by molar-refractivity contribution is 0.868. The molecule has 18 heavy (non-hydrogen) atoms. The SMILES string of the molecule is CC(C)c1ccc2nc3c(c(CS)c2c1)CCC3. The van der Waals surface area contributed by atoms with Gasteiger partial charge in [-0.25, -0.2) is 0 Å². The molecule has 1 heterocycles. The zero-order valence-electron chi connectivity index (χ0n) is 11.0. The number of nitrogens with zero attached hydrogens (tertiary/aromatic N) is 1. The van der Waals surface area contributed by atoms with E-state index in [2.05, 4.69) is 44.7 Å². The molecule has 2 heteroatoms. The van der Waals surface area contributed by atoms with E-state index in [4.69, 9.17) is 4.98 Å². The van der Waals surface area contributed by atoms with Crippen molar-refractivity contribution < 1.29 is 0 Å². The fourth-order valence-corrected chi connectivity index (χ4v) is 3.28. The minimum atomic E-state index is 0.565. The molecular formula is C16H19NS. The lowest BCUT2D eigenvalue weighted by Gasteiger charge is -2.13. The molecule has 1 aliphatic rings. The van der Waals surface area contributed by atoms with Crippen LogP contribution >= 0.6 is 12.6 Å².